The number of nitrogens with one attached hydrogen (secondary N) is 1. The fourth-order valence-electron chi connectivity index (χ4n) is 1.84. The van der Waals surface area contributed by atoms with Crippen LogP contribution in [-0.2, 0) is 14.8 Å². The zero-order chi connectivity index (χ0) is 17.2. The minimum atomic E-state index is -4.08. The van der Waals surface area contributed by atoms with E-state index in [1.807, 2.05) is 4.72 Å². The molecule has 0 heterocycles. The highest BCUT2D eigenvalue weighted by Crippen LogP contribution is 2.24. The van der Waals surface area contributed by atoms with Gasteiger partial charge in [-0.15, -0.1) is 0 Å². The summed E-state index contributed by atoms with van der Waals surface area (Å²) in [5.41, 5.74) is -0.658. The maximum atomic E-state index is 14.2. The van der Waals surface area contributed by atoms with Gasteiger partial charge >= 0.3 is 5.97 Å². The van der Waals surface area contributed by atoms with Gasteiger partial charge in [-0.25, -0.2) is 22.0 Å². The van der Waals surface area contributed by atoms with Crippen LogP contribution in [0.15, 0.2) is 41.3 Å². The average Bonchev–Trinajstić information content (AvgIpc) is 2.50. The summed E-state index contributed by atoms with van der Waals surface area (Å²) in [4.78, 5) is 11.3. The first-order valence-corrected chi connectivity index (χ1v) is 7.90. The van der Waals surface area contributed by atoms with E-state index in [1.54, 1.807) is 19.1 Å². The molecular weight excluding hydrogens is 328 g/mol. The van der Waals surface area contributed by atoms with Crippen molar-refractivity contribution in [1.82, 2.24) is 0 Å². The van der Waals surface area contributed by atoms with E-state index in [2.05, 4.69) is 4.74 Å². The Morgan fingerprint density at radius 2 is 1.70 bits per heavy atom. The van der Waals surface area contributed by atoms with E-state index >= 15 is 0 Å². The van der Waals surface area contributed by atoms with Crippen LogP contribution in [0.1, 0.15) is 15.9 Å². The summed E-state index contributed by atoms with van der Waals surface area (Å²) in [6.45, 7) is 1.78. The number of anilines is 1. The van der Waals surface area contributed by atoms with E-state index in [0.29, 0.717) is 0 Å². The zero-order valence-electron chi connectivity index (χ0n) is 12.3. The van der Waals surface area contributed by atoms with Crippen LogP contribution in [0.4, 0.5) is 14.5 Å². The minimum Gasteiger partial charge on any atom is -0.465 e. The number of carbonyl (C=O) groups is 1. The van der Waals surface area contributed by atoms with Crippen LogP contribution in [0.3, 0.4) is 0 Å². The molecule has 2 aromatic carbocycles. The van der Waals surface area contributed by atoms with Crippen molar-refractivity contribution in [2.45, 2.75) is 11.8 Å². The van der Waals surface area contributed by atoms with Crippen molar-refractivity contribution < 1.29 is 26.7 Å². The number of carbonyl (C=O) groups excluding carboxylic acids is 1. The molecule has 0 spiro atoms. The van der Waals surface area contributed by atoms with Crippen LogP contribution < -0.4 is 4.72 Å². The fraction of sp³-hybridized carbons (Fsp3) is 0.133. The lowest BCUT2D eigenvalue weighted by molar-refractivity contribution is 0.0590. The summed E-state index contributed by atoms with van der Waals surface area (Å²) in [5, 5.41) is 0. The minimum absolute atomic E-state index is 0.0913. The average molecular weight is 341 g/mol. The Kier molecular flexibility index (Phi) is 4.65. The third kappa shape index (κ3) is 3.48. The van der Waals surface area contributed by atoms with E-state index in [-0.39, 0.29) is 4.90 Å². The van der Waals surface area contributed by atoms with Crippen molar-refractivity contribution in [2.75, 3.05) is 11.8 Å². The molecule has 0 radical (unpaired) electrons. The largest absolute Gasteiger partial charge is 0.465 e. The van der Waals surface area contributed by atoms with Crippen LogP contribution >= 0.6 is 0 Å². The molecule has 0 aliphatic carbocycles. The molecule has 2 aromatic rings. The second-order valence-electron chi connectivity index (χ2n) is 4.69. The monoisotopic (exact) mass is 341 g/mol. The smallest absolute Gasteiger partial charge is 0.343 e. The predicted molar refractivity (Wildman–Crippen MR) is 79.7 cm³/mol. The van der Waals surface area contributed by atoms with Gasteiger partial charge in [0.2, 0.25) is 0 Å². The number of hydrogen-bond donors (Lipinski definition) is 1. The Balaban J connectivity index is 2.44. The predicted octanol–water partition coefficient (Wildman–Crippen LogP) is 2.86. The normalized spacial score (nSPS) is 11.1. The maximum Gasteiger partial charge on any atom is 0.343 e. The highest BCUT2D eigenvalue weighted by atomic mass is 32.2. The van der Waals surface area contributed by atoms with Crippen molar-refractivity contribution in [3.63, 3.8) is 0 Å². The van der Waals surface area contributed by atoms with Crippen LogP contribution in [0.5, 0.6) is 0 Å². The van der Waals surface area contributed by atoms with Crippen molar-refractivity contribution in [3.8, 4) is 0 Å². The number of halogens is 2. The first kappa shape index (κ1) is 16.9. The van der Waals surface area contributed by atoms with Crippen molar-refractivity contribution >= 4 is 21.7 Å². The van der Waals surface area contributed by atoms with Crippen LogP contribution in [-0.4, -0.2) is 21.5 Å². The Labute approximate surface area is 132 Å². The van der Waals surface area contributed by atoms with E-state index in [9.17, 15) is 22.0 Å². The van der Waals surface area contributed by atoms with Gasteiger partial charge in [-0.1, -0.05) is 17.7 Å². The lowest BCUT2D eigenvalue weighted by Gasteiger charge is -2.11. The second-order valence-corrected chi connectivity index (χ2v) is 6.38. The first-order chi connectivity index (χ1) is 10.8. The third-order valence-corrected chi connectivity index (χ3v) is 4.44. The van der Waals surface area contributed by atoms with Gasteiger partial charge in [0.1, 0.15) is 11.4 Å². The molecule has 1 N–H and O–H groups in total. The van der Waals surface area contributed by atoms with Crippen LogP contribution in [0, 0.1) is 18.6 Å². The highest BCUT2D eigenvalue weighted by molar-refractivity contribution is 7.92. The van der Waals surface area contributed by atoms with Crippen molar-refractivity contribution in [1.29, 1.82) is 0 Å². The number of hydrogen-bond acceptors (Lipinski definition) is 4. The van der Waals surface area contributed by atoms with Gasteiger partial charge in [0.25, 0.3) is 10.0 Å². The Bertz CT molecular complexity index is 849. The summed E-state index contributed by atoms with van der Waals surface area (Å²) in [6.07, 6.45) is 0. The molecule has 0 unspecified atom stereocenters. The number of methoxy groups -OCH3 is 1. The summed E-state index contributed by atoms with van der Waals surface area (Å²) >= 11 is 0. The third-order valence-electron chi connectivity index (χ3n) is 3.06. The lowest BCUT2D eigenvalue weighted by atomic mass is 10.2. The van der Waals surface area contributed by atoms with Crippen molar-refractivity contribution in [3.05, 3.63) is 59.2 Å². The number of rotatable bonds is 4. The number of benzene rings is 2. The molecule has 0 aliphatic rings. The fourth-order valence-corrected chi connectivity index (χ4v) is 2.90. The number of ether oxygens (including phenoxy) is 1. The van der Waals surface area contributed by atoms with Gasteiger partial charge in [0.05, 0.1) is 17.7 Å². The van der Waals surface area contributed by atoms with Crippen molar-refractivity contribution in [2.24, 2.45) is 0 Å². The summed E-state index contributed by atoms with van der Waals surface area (Å²) < 4.78 is 58.5. The SMILES string of the molecule is COC(=O)c1c(F)ccc(NS(=O)(=O)c2ccc(C)cc2)c1F. The molecule has 0 aliphatic heterocycles. The van der Waals surface area contributed by atoms with E-state index in [4.69, 9.17) is 0 Å². The summed E-state index contributed by atoms with van der Waals surface area (Å²) in [7, 11) is -3.12. The first-order valence-electron chi connectivity index (χ1n) is 6.42. The quantitative estimate of drug-likeness (QED) is 0.868. The molecule has 2 rings (SSSR count). The molecule has 0 saturated carbocycles. The van der Waals surface area contributed by atoms with Gasteiger partial charge in [-0.3, -0.25) is 4.72 Å². The molecule has 5 nitrogen and oxygen atoms in total. The zero-order valence-corrected chi connectivity index (χ0v) is 13.1. The van der Waals surface area contributed by atoms with E-state index in [1.165, 1.54) is 12.1 Å². The molecule has 0 amide bonds. The Hall–Kier alpha value is -2.48. The highest BCUT2D eigenvalue weighted by Gasteiger charge is 2.24. The van der Waals surface area contributed by atoms with Gasteiger partial charge in [-0.05, 0) is 31.2 Å². The molecule has 0 saturated heterocycles. The molecule has 0 atom stereocenters. The van der Waals surface area contributed by atoms with E-state index < -0.39 is 38.9 Å². The molecule has 122 valence electrons. The molecule has 0 aromatic heterocycles. The number of sulfonamides is 1. The standard InChI is InChI=1S/C15H13F2NO4S/c1-9-3-5-10(6-4-9)23(20,21)18-12-8-7-11(16)13(14(12)17)15(19)22-2/h3-8,18H,1-2H3. The van der Waals surface area contributed by atoms with Gasteiger partial charge in [0, 0.05) is 0 Å². The summed E-state index contributed by atoms with van der Waals surface area (Å²) in [5.74, 6) is -3.73. The Morgan fingerprint density at radius 1 is 1.09 bits per heavy atom. The Morgan fingerprint density at radius 3 is 2.26 bits per heavy atom. The summed E-state index contributed by atoms with van der Waals surface area (Å²) in [6, 6.07) is 7.52. The molecule has 23 heavy (non-hydrogen) atoms. The molecule has 8 heteroatoms. The van der Waals surface area contributed by atoms with Gasteiger partial charge < -0.3 is 4.74 Å². The number of aryl methyl sites for hydroxylation is 1. The number of esters is 1. The lowest BCUT2D eigenvalue weighted by Crippen LogP contribution is -2.16. The molecular formula is C15H13F2NO4S. The van der Waals surface area contributed by atoms with E-state index in [0.717, 1.165) is 24.8 Å². The van der Waals surface area contributed by atoms with Gasteiger partial charge in [-0.2, -0.15) is 0 Å². The molecule has 0 bridgehead atoms. The van der Waals surface area contributed by atoms with Crippen LogP contribution in [0.2, 0.25) is 0 Å². The van der Waals surface area contributed by atoms with Crippen LogP contribution in [0.25, 0.3) is 0 Å². The maximum absolute atomic E-state index is 14.2. The second kappa shape index (κ2) is 6.33. The van der Waals surface area contributed by atoms with Gasteiger partial charge in [0.15, 0.2) is 5.82 Å². The topological polar surface area (TPSA) is 72.5 Å². The molecule has 0 fully saturated rings.